The van der Waals surface area contributed by atoms with Gasteiger partial charge in [-0.15, -0.1) is 0 Å². The third-order valence-electron chi connectivity index (χ3n) is 3.04. The van der Waals surface area contributed by atoms with Gasteiger partial charge in [0.25, 0.3) is 5.69 Å². The Morgan fingerprint density at radius 1 is 1.04 bits per heavy atom. The Bertz CT molecular complexity index is 765. The molecule has 2 rings (SSSR count). The van der Waals surface area contributed by atoms with E-state index >= 15 is 0 Å². The fourth-order valence-electron chi connectivity index (χ4n) is 1.88. The highest BCUT2D eigenvalue weighted by Crippen LogP contribution is 2.29. The van der Waals surface area contributed by atoms with E-state index in [0.717, 1.165) is 30.3 Å². The lowest BCUT2D eigenvalue weighted by atomic mass is 10.1. The smallest absolute Gasteiger partial charge is 0.289 e. The molecule has 0 atom stereocenters. The number of hydrogen-bond donors (Lipinski definition) is 0. The Labute approximate surface area is 129 Å². The van der Waals surface area contributed by atoms with Crippen molar-refractivity contribution >= 4 is 17.5 Å². The summed E-state index contributed by atoms with van der Waals surface area (Å²) in [6.07, 6.45) is -2.12. The normalized spacial score (nSPS) is 11.6. The number of benzene rings is 2. The minimum atomic E-state index is -4.47. The Balaban J connectivity index is 2.21. The highest BCUT2D eigenvalue weighted by atomic mass is 19.4. The van der Waals surface area contributed by atoms with E-state index in [4.69, 9.17) is 0 Å². The molecule has 0 aliphatic rings. The van der Waals surface area contributed by atoms with Crippen molar-refractivity contribution < 1.29 is 22.9 Å². The van der Waals surface area contributed by atoms with E-state index in [1.807, 2.05) is 0 Å². The number of nitrogens with zero attached hydrogens (tertiary/aromatic N) is 1. The topological polar surface area (TPSA) is 60.2 Å². The summed E-state index contributed by atoms with van der Waals surface area (Å²) in [5.74, 6) is -0.545. The Hall–Kier alpha value is -2.96. The number of alkyl halides is 3. The van der Waals surface area contributed by atoms with E-state index in [-0.39, 0.29) is 16.8 Å². The number of rotatable bonds is 4. The van der Waals surface area contributed by atoms with Crippen LogP contribution in [0.4, 0.5) is 18.9 Å². The number of ketones is 1. The summed E-state index contributed by atoms with van der Waals surface area (Å²) in [5, 5.41) is 10.8. The summed E-state index contributed by atoms with van der Waals surface area (Å²) < 4.78 is 37.3. The zero-order valence-corrected chi connectivity index (χ0v) is 11.6. The van der Waals surface area contributed by atoms with Crippen molar-refractivity contribution in [3.8, 4) is 0 Å². The van der Waals surface area contributed by atoms with E-state index in [1.54, 1.807) is 6.07 Å². The number of halogens is 3. The molecular formula is C16H10F3NO3. The minimum absolute atomic E-state index is 0.0628. The highest BCUT2D eigenvalue weighted by molar-refractivity contribution is 6.07. The van der Waals surface area contributed by atoms with Crippen molar-refractivity contribution in [1.29, 1.82) is 0 Å². The standard InChI is InChI=1S/C16H10F3NO3/c17-16(18,19)13-8-5-12(6-9-13)15(21)10-7-11-3-1-2-4-14(11)20(22)23/h1-10H. The lowest BCUT2D eigenvalue weighted by Gasteiger charge is -2.06. The molecule has 0 fully saturated rings. The maximum absolute atomic E-state index is 12.4. The monoisotopic (exact) mass is 321 g/mol. The predicted octanol–water partition coefficient (Wildman–Crippen LogP) is 4.51. The summed E-state index contributed by atoms with van der Waals surface area (Å²) in [5.41, 5.74) is -0.716. The zero-order chi connectivity index (χ0) is 17.0. The van der Waals surface area contributed by atoms with Gasteiger partial charge in [0.15, 0.2) is 5.78 Å². The van der Waals surface area contributed by atoms with Crippen molar-refractivity contribution in [1.82, 2.24) is 0 Å². The van der Waals surface area contributed by atoms with Crippen LogP contribution in [0.2, 0.25) is 0 Å². The van der Waals surface area contributed by atoms with E-state index in [1.165, 1.54) is 24.3 Å². The zero-order valence-electron chi connectivity index (χ0n) is 11.6. The molecule has 0 heterocycles. The summed E-state index contributed by atoms with van der Waals surface area (Å²) in [4.78, 5) is 22.2. The van der Waals surface area contributed by atoms with Crippen molar-refractivity contribution in [2.75, 3.05) is 0 Å². The maximum atomic E-state index is 12.4. The number of carbonyl (C=O) groups is 1. The van der Waals surface area contributed by atoms with Crippen LogP contribution in [0.3, 0.4) is 0 Å². The maximum Gasteiger partial charge on any atom is 0.416 e. The molecule has 2 aromatic carbocycles. The Morgan fingerprint density at radius 2 is 1.65 bits per heavy atom. The molecular weight excluding hydrogens is 311 g/mol. The van der Waals surface area contributed by atoms with Crippen LogP contribution < -0.4 is 0 Å². The van der Waals surface area contributed by atoms with E-state index in [2.05, 4.69) is 0 Å². The van der Waals surface area contributed by atoms with Crippen LogP contribution in [-0.2, 0) is 6.18 Å². The summed E-state index contributed by atoms with van der Waals surface area (Å²) >= 11 is 0. The lowest BCUT2D eigenvalue weighted by Crippen LogP contribution is -2.05. The number of para-hydroxylation sites is 1. The van der Waals surface area contributed by atoms with Crippen LogP contribution in [0, 0.1) is 10.1 Å². The van der Waals surface area contributed by atoms with Crippen LogP contribution in [0.5, 0.6) is 0 Å². The summed E-state index contributed by atoms with van der Waals surface area (Å²) in [6.45, 7) is 0. The van der Waals surface area contributed by atoms with Gasteiger partial charge in [0, 0.05) is 11.6 Å². The quantitative estimate of drug-likeness (QED) is 0.360. The van der Waals surface area contributed by atoms with Crippen LogP contribution in [0.15, 0.2) is 54.6 Å². The first kappa shape index (κ1) is 16.4. The number of allylic oxidation sites excluding steroid dienone is 1. The number of nitro groups is 1. The first-order valence-electron chi connectivity index (χ1n) is 6.42. The van der Waals surface area contributed by atoms with Gasteiger partial charge >= 0.3 is 6.18 Å². The van der Waals surface area contributed by atoms with E-state index < -0.39 is 22.4 Å². The van der Waals surface area contributed by atoms with Crippen molar-refractivity contribution in [3.63, 3.8) is 0 Å². The number of carbonyl (C=O) groups excluding carboxylic acids is 1. The van der Waals surface area contributed by atoms with Gasteiger partial charge in [0.1, 0.15) is 0 Å². The van der Waals surface area contributed by atoms with Crippen LogP contribution in [0.1, 0.15) is 21.5 Å². The van der Waals surface area contributed by atoms with Crippen LogP contribution in [0.25, 0.3) is 6.08 Å². The number of hydrogen-bond acceptors (Lipinski definition) is 3. The molecule has 2 aromatic rings. The fraction of sp³-hybridized carbons (Fsp3) is 0.0625. The molecule has 0 radical (unpaired) electrons. The minimum Gasteiger partial charge on any atom is -0.289 e. The Kier molecular flexibility index (Phi) is 4.59. The second-order valence-electron chi connectivity index (χ2n) is 4.59. The summed E-state index contributed by atoms with van der Waals surface area (Å²) in [7, 11) is 0. The van der Waals surface area contributed by atoms with Crippen LogP contribution in [-0.4, -0.2) is 10.7 Å². The van der Waals surface area contributed by atoms with Gasteiger partial charge in [-0.25, -0.2) is 0 Å². The van der Waals surface area contributed by atoms with Gasteiger partial charge in [0.05, 0.1) is 16.1 Å². The molecule has 0 bridgehead atoms. The molecule has 0 aliphatic heterocycles. The van der Waals surface area contributed by atoms with Crippen molar-refractivity contribution in [2.24, 2.45) is 0 Å². The largest absolute Gasteiger partial charge is 0.416 e. The average molecular weight is 321 g/mol. The third kappa shape index (κ3) is 4.03. The van der Waals surface area contributed by atoms with E-state index in [0.29, 0.717) is 0 Å². The van der Waals surface area contributed by atoms with E-state index in [9.17, 15) is 28.1 Å². The second kappa shape index (κ2) is 6.43. The van der Waals surface area contributed by atoms with Gasteiger partial charge in [-0.1, -0.05) is 24.3 Å². The second-order valence-corrected chi connectivity index (χ2v) is 4.59. The summed E-state index contributed by atoms with van der Waals surface area (Å²) in [6, 6.07) is 9.58. The molecule has 118 valence electrons. The van der Waals surface area contributed by atoms with Crippen LogP contribution >= 0.6 is 0 Å². The van der Waals surface area contributed by atoms with Gasteiger partial charge in [-0.2, -0.15) is 13.2 Å². The lowest BCUT2D eigenvalue weighted by molar-refractivity contribution is -0.385. The van der Waals surface area contributed by atoms with Gasteiger partial charge < -0.3 is 0 Å². The molecule has 0 N–H and O–H groups in total. The first-order chi connectivity index (χ1) is 10.8. The molecule has 0 saturated heterocycles. The number of nitro benzene ring substituents is 1. The molecule has 0 aromatic heterocycles. The molecule has 0 unspecified atom stereocenters. The third-order valence-corrected chi connectivity index (χ3v) is 3.04. The van der Waals surface area contributed by atoms with Gasteiger partial charge in [-0.05, 0) is 30.4 Å². The van der Waals surface area contributed by atoms with Crippen molar-refractivity contribution in [3.05, 3.63) is 81.4 Å². The molecule has 0 aliphatic carbocycles. The molecule has 23 heavy (non-hydrogen) atoms. The van der Waals surface area contributed by atoms with Gasteiger partial charge in [-0.3, -0.25) is 14.9 Å². The molecule has 7 heteroatoms. The molecule has 0 saturated carbocycles. The molecule has 0 amide bonds. The van der Waals surface area contributed by atoms with Crippen molar-refractivity contribution in [2.45, 2.75) is 6.18 Å². The molecule has 0 spiro atoms. The first-order valence-corrected chi connectivity index (χ1v) is 6.42. The fourth-order valence-corrected chi connectivity index (χ4v) is 1.88. The SMILES string of the molecule is O=C(C=Cc1ccccc1[N+](=O)[O-])c1ccc(C(F)(F)F)cc1. The Morgan fingerprint density at radius 3 is 2.22 bits per heavy atom. The van der Waals surface area contributed by atoms with Gasteiger partial charge in [0.2, 0.25) is 0 Å². The highest BCUT2D eigenvalue weighted by Gasteiger charge is 2.30. The average Bonchev–Trinajstić information content (AvgIpc) is 2.52. The predicted molar refractivity (Wildman–Crippen MR) is 77.9 cm³/mol. The molecule has 4 nitrogen and oxygen atoms in total.